The van der Waals surface area contributed by atoms with Gasteiger partial charge in [0, 0.05) is 6.07 Å². The molecule has 0 N–H and O–H groups in total. The van der Waals surface area contributed by atoms with Crippen molar-refractivity contribution in [2.75, 3.05) is 7.11 Å². The lowest BCUT2D eigenvalue weighted by molar-refractivity contribution is -0.390. The second kappa shape index (κ2) is 5.20. The van der Waals surface area contributed by atoms with Gasteiger partial charge in [0.05, 0.1) is 7.11 Å². The second-order valence-electron chi connectivity index (χ2n) is 3.01. The highest BCUT2D eigenvalue weighted by atomic mass is 19.4. The molecule has 0 atom stereocenters. The summed E-state index contributed by atoms with van der Waals surface area (Å²) in [5, 5.41) is 10.6. The number of rotatable bonds is 4. The number of methoxy groups -OCH3 is 1. The van der Waals surface area contributed by atoms with E-state index >= 15 is 0 Å². The van der Waals surface area contributed by atoms with Crippen molar-refractivity contribution in [2.45, 2.75) is 12.8 Å². The Labute approximate surface area is 101 Å². The van der Waals surface area contributed by atoms with E-state index in [4.69, 9.17) is 0 Å². The van der Waals surface area contributed by atoms with Crippen LogP contribution < -0.4 is 9.47 Å². The molecular weight excluding hydrogens is 283 g/mol. The van der Waals surface area contributed by atoms with E-state index in [1.165, 1.54) is 0 Å². The molecular formula is C8H5F5N2O4. The van der Waals surface area contributed by atoms with Gasteiger partial charge in [0.1, 0.15) is 0 Å². The van der Waals surface area contributed by atoms with Crippen LogP contribution in [0.3, 0.4) is 0 Å². The van der Waals surface area contributed by atoms with Crippen molar-refractivity contribution in [3.63, 3.8) is 0 Å². The molecule has 0 spiro atoms. The Morgan fingerprint density at radius 3 is 2.37 bits per heavy atom. The van der Waals surface area contributed by atoms with Crippen molar-refractivity contribution in [3.05, 3.63) is 21.9 Å². The summed E-state index contributed by atoms with van der Waals surface area (Å²) in [5.74, 6) is -3.54. The summed E-state index contributed by atoms with van der Waals surface area (Å²) in [6.45, 7) is 0. The molecule has 1 rings (SSSR count). The summed E-state index contributed by atoms with van der Waals surface area (Å²) in [7, 11) is 0.815. The van der Waals surface area contributed by atoms with Crippen LogP contribution in [-0.2, 0) is 0 Å². The lowest BCUT2D eigenvalue weighted by Gasteiger charge is -2.12. The minimum absolute atomic E-state index is 0.226. The second-order valence-corrected chi connectivity index (χ2v) is 3.01. The standard InChI is InChI=1S/C8H5F5N2O4/c1-18-5-4(19-8(11,12)13)2-3(6(9)10)14-7(5)15(16)17/h2,6H,1H3. The Bertz CT molecular complexity index is 491. The molecule has 11 heteroatoms. The van der Waals surface area contributed by atoms with Gasteiger partial charge in [-0.2, -0.15) is 0 Å². The number of halogens is 5. The molecule has 19 heavy (non-hydrogen) atoms. The zero-order chi connectivity index (χ0) is 14.8. The van der Waals surface area contributed by atoms with Gasteiger partial charge in [-0.3, -0.25) is 0 Å². The van der Waals surface area contributed by atoms with Gasteiger partial charge in [0.25, 0.3) is 5.75 Å². The molecule has 106 valence electrons. The maximum absolute atomic E-state index is 12.4. The molecule has 6 nitrogen and oxygen atoms in total. The van der Waals surface area contributed by atoms with Crippen molar-refractivity contribution in [2.24, 2.45) is 0 Å². The van der Waals surface area contributed by atoms with Crippen LogP contribution in [0.4, 0.5) is 27.8 Å². The molecule has 1 aromatic rings. The summed E-state index contributed by atoms with van der Waals surface area (Å²) in [5.41, 5.74) is -1.23. The smallest absolute Gasteiger partial charge is 0.486 e. The van der Waals surface area contributed by atoms with Crippen molar-refractivity contribution in [3.8, 4) is 11.5 Å². The van der Waals surface area contributed by atoms with Crippen LogP contribution in [0.5, 0.6) is 11.5 Å². The molecule has 0 aromatic carbocycles. The van der Waals surface area contributed by atoms with Crippen LogP contribution in [-0.4, -0.2) is 23.4 Å². The zero-order valence-electron chi connectivity index (χ0n) is 9.07. The number of pyridine rings is 1. The molecule has 0 saturated heterocycles. The van der Waals surface area contributed by atoms with E-state index in [0.29, 0.717) is 0 Å². The fourth-order valence-corrected chi connectivity index (χ4v) is 1.14. The van der Waals surface area contributed by atoms with Gasteiger partial charge in [-0.15, -0.1) is 13.2 Å². The molecule has 0 aliphatic rings. The quantitative estimate of drug-likeness (QED) is 0.484. The van der Waals surface area contributed by atoms with E-state index in [1.54, 1.807) is 0 Å². The highest BCUT2D eigenvalue weighted by molar-refractivity contribution is 5.52. The molecule has 0 amide bonds. The van der Waals surface area contributed by atoms with Gasteiger partial charge in [0.15, 0.2) is 5.75 Å². The molecule has 0 radical (unpaired) electrons. The van der Waals surface area contributed by atoms with E-state index in [2.05, 4.69) is 14.5 Å². The van der Waals surface area contributed by atoms with Gasteiger partial charge in [-0.1, -0.05) is 0 Å². The van der Waals surface area contributed by atoms with Crippen LogP contribution in [0.15, 0.2) is 6.07 Å². The van der Waals surface area contributed by atoms with E-state index in [0.717, 1.165) is 7.11 Å². The third-order valence-corrected chi connectivity index (χ3v) is 1.77. The maximum atomic E-state index is 12.4. The number of ether oxygens (including phenoxy) is 2. The number of alkyl halides is 5. The minimum Gasteiger partial charge on any atom is -0.486 e. The van der Waals surface area contributed by atoms with Crippen LogP contribution in [0.25, 0.3) is 0 Å². The largest absolute Gasteiger partial charge is 0.573 e. The van der Waals surface area contributed by atoms with Crippen LogP contribution in [0.2, 0.25) is 0 Å². The number of nitrogens with zero attached hydrogens (tertiary/aromatic N) is 2. The first-order valence-electron chi connectivity index (χ1n) is 4.43. The molecule has 0 aliphatic carbocycles. The lowest BCUT2D eigenvalue weighted by Crippen LogP contribution is -2.18. The number of hydrogen-bond acceptors (Lipinski definition) is 5. The molecule has 0 bridgehead atoms. The first-order chi connectivity index (χ1) is 8.65. The Balaban J connectivity index is 3.44. The minimum atomic E-state index is -5.22. The van der Waals surface area contributed by atoms with Gasteiger partial charge in [0.2, 0.25) is 5.69 Å². The predicted octanol–water partition coefficient (Wildman–Crippen LogP) is 2.83. The van der Waals surface area contributed by atoms with Gasteiger partial charge >= 0.3 is 18.6 Å². The Kier molecular flexibility index (Phi) is 4.07. The number of nitro groups is 1. The lowest BCUT2D eigenvalue weighted by atomic mass is 10.3. The highest BCUT2D eigenvalue weighted by Crippen LogP contribution is 2.40. The molecule has 0 fully saturated rings. The van der Waals surface area contributed by atoms with Gasteiger partial charge in [-0.25, -0.2) is 8.78 Å². The van der Waals surface area contributed by atoms with Crippen LogP contribution in [0, 0.1) is 10.1 Å². The summed E-state index contributed by atoms with van der Waals surface area (Å²) in [6, 6.07) is 0.226. The predicted molar refractivity (Wildman–Crippen MR) is 49.1 cm³/mol. The van der Waals surface area contributed by atoms with Gasteiger partial charge < -0.3 is 19.6 Å². The summed E-state index contributed by atoms with van der Waals surface area (Å²) in [4.78, 5) is 12.2. The average molecular weight is 288 g/mol. The zero-order valence-corrected chi connectivity index (χ0v) is 9.07. The normalized spacial score (nSPS) is 11.5. The Hall–Kier alpha value is -2.20. The topological polar surface area (TPSA) is 74.5 Å². The molecule has 1 heterocycles. The average Bonchev–Trinajstić information content (AvgIpc) is 2.25. The SMILES string of the molecule is COc1c(OC(F)(F)F)cc(C(F)F)nc1[N+](=O)[O-]. The number of hydrogen-bond donors (Lipinski definition) is 0. The van der Waals surface area contributed by atoms with Crippen molar-refractivity contribution < 1.29 is 36.3 Å². The van der Waals surface area contributed by atoms with E-state index in [9.17, 15) is 32.1 Å². The van der Waals surface area contributed by atoms with E-state index < -0.39 is 40.7 Å². The maximum Gasteiger partial charge on any atom is 0.573 e. The van der Waals surface area contributed by atoms with Crippen LogP contribution >= 0.6 is 0 Å². The van der Waals surface area contributed by atoms with Crippen molar-refractivity contribution in [1.29, 1.82) is 0 Å². The highest BCUT2D eigenvalue weighted by Gasteiger charge is 2.37. The molecule has 0 saturated carbocycles. The van der Waals surface area contributed by atoms with E-state index in [-0.39, 0.29) is 6.07 Å². The van der Waals surface area contributed by atoms with Crippen molar-refractivity contribution in [1.82, 2.24) is 4.98 Å². The Morgan fingerprint density at radius 1 is 1.42 bits per heavy atom. The summed E-state index contributed by atoms with van der Waals surface area (Å²) < 4.78 is 68.7. The fourth-order valence-electron chi connectivity index (χ4n) is 1.14. The third-order valence-electron chi connectivity index (χ3n) is 1.77. The first-order valence-corrected chi connectivity index (χ1v) is 4.43. The first kappa shape index (κ1) is 14.9. The fraction of sp³-hybridized carbons (Fsp3) is 0.375. The third kappa shape index (κ3) is 3.63. The molecule has 0 aliphatic heterocycles. The molecule has 1 aromatic heterocycles. The monoisotopic (exact) mass is 288 g/mol. The summed E-state index contributed by atoms with van der Waals surface area (Å²) >= 11 is 0. The van der Waals surface area contributed by atoms with Crippen LogP contribution in [0.1, 0.15) is 12.1 Å². The van der Waals surface area contributed by atoms with Gasteiger partial charge in [-0.05, 0) is 9.91 Å². The van der Waals surface area contributed by atoms with E-state index in [1.807, 2.05) is 0 Å². The van der Waals surface area contributed by atoms with Crippen molar-refractivity contribution >= 4 is 5.82 Å². The summed E-state index contributed by atoms with van der Waals surface area (Å²) in [6.07, 6.45) is -8.53. The number of aromatic nitrogens is 1. The molecule has 0 unspecified atom stereocenters. The Morgan fingerprint density at radius 2 is 2.00 bits per heavy atom.